The fraction of sp³-hybridized carbons (Fsp3) is 0.222. The first-order chi connectivity index (χ1) is 7.02. The molecule has 1 heterocycles. The van der Waals surface area contributed by atoms with E-state index in [4.69, 9.17) is 0 Å². The number of nitrogens with zero attached hydrogens (tertiary/aromatic N) is 2. The standard InChI is InChI=1S/C9H9BF3N2.K/c1-2-15-9-4-3-8(10(11,12)13)5-7(9)6-14-15;/h3-6H,2H2,1H3;/q-1;+1. The van der Waals surface area contributed by atoms with Gasteiger partial charge in [-0.05, 0) is 13.0 Å². The molecular formula is C9H9BF3KN2. The maximum Gasteiger partial charge on any atom is 1.00 e. The van der Waals surface area contributed by atoms with E-state index in [0.29, 0.717) is 11.9 Å². The third-order valence-corrected chi connectivity index (χ3v) is 2.34. The average Bonchev–Trinajstić information content (AvgIpc) is 2.58. The number of hydrogen-bond acceptors (Lipinski definition) is 1. The van der Waals surface area contributed by atoms with Gasteiger partial charge in [0.1, 0.15) is 0 Å². The van der Waals surface area contributed by atoms with E-state index < -0.39 is 12.4 Å². The van der Waals surface area contributed by atoms with Crippen molar-refractivity contribution in [1.29, 1.82) is 0 Å². The van der Waals surface area contributed by atoms with Crippen LogP contribution in [0.4, 0.5) is 12.9 Å². The van der Waals surface area contributed by atoms with Crippen molar-refractivity contribution in [1.82, 2.24) is 9.78 Å². The third kappa shape index (κ3) is 2.70. The Hall–Kier alpha value is 0.181. The largest absolute Gasteiger partial charge is 1.00 e. The molecule has 2 nitrogen and oxygen atoms in total. The van der Waals surface area contributed by atoms with Crippen molar-refractivity contribution in [3.63, 3.8) is 0 Å². The Kier molecular flexibility index (Phi) is 4.65. The van der Waals surface area contributed by atoms with Crippen molar-refractivity contribution in [2.24, 2.45) is 0 Å². The fourth-order valence-electron chi connectivity index (χ4n) is 1.56. The van der Waals surface area contributed by atoms with Gasteiger partial charge in [-0.25, -0.2) is 0 Å². The maximum atomic E-state index is 12.4. The van der Waals surface area contributed by atoms with Crippen LogP contribution in [0.1, 0.15) is 6.92 Å². The Morgan fingerprint density at radius 2 is 2.00 bits per heavy atom. The van der Waals surface area contributed by atoms with Crippen LogP contribution in [0.3, 0.4) is 0 Å². The average molecular weight is 252 g/mol. The summed E-state index contributed by atoms with van der Waals surface area (Å²) in [5, 5.41) is 4.53. The van der Waals surface area contributed by atoms with Crippen molar-refractivity contribution in [2.45, 2.75) is 13.5 Å². The number of rotatable bonds is 2. The molecule has 1 aromatic heterocycles. The summed E-state index contributed by atoms with van der Waals surface area (Å²) in [7, 11) is 0. The van der Waals surface area contributed by atoms with Gasteiger partial charge < -0.3 is 12.9 Å². The van der Waals surface area contributed by atoms with Crippen molar-refractivity contribution >= 4 is 23.3 Å². The second-order valence-electron chi connectivity index (χ2n) is 3.35. The van der Waals surface area contributed by atoms with E-state index in [9.17, 15) is 12.9 Å². The van der Waals surface area contributed by atoms with Crippen LogP contribution in [0, 0.1) is 0 Å². The van der Waals surface area contributed by atoms with Crippen molar-refractivity contribution in [2.75, 3.05) is 0 Å². The van der Waals surface area contributed by atoms with Crippen LogP contribution in [0.2, 0.25) is 0 Å². The zero-order valence-electron chi connectivity index (χ0n) is 9.12. The van der Waals surface area contributed by atoms with Crippen LogP contribution >= 0.6 is 0 Å². The van der Waals surface area contributed by atoms with E-state index >= 15 is 0 Å². The zero-order chi connectivity index (χ0) is 11.1. The van der Waals surface area contributed by atoms with Gasteiger partial charge in [-0.15, -0.1) is 5.46 Å². The minimum atomic E-state index is -4.92. The number of benzene rings is 1. The second kappa shape index (κ2) is 5.22. The zero-order valence-corrected chi connectivity index (χ0v) is 12.2. The van der Waals surface area contributed by atoms with E-state index in [1.807, 2.05) is 6.92 Å². The van der Waals surface area contributed by atoms with E-state index in [1.165, 1.54) is 12.3 Å². The molecule has 0 saturated carbocycles. The van der Waals surface area contributed by atoms with Gasteiger partial charge in [0.2, 0.25) is 0 Å². The first-order valence-corrected chi connectivity index (χ1v) is 4.68. The van der Waals surface area contributed by atoms with Crippen LogP contribution < -0.4 is 56.8 Å². The number of aromatic nitrogens is 2. The minimum Gasteiger partial charge on any atom is -0.445 e. The third-order valence-electron chi connectivity index (χ3n) is 2.34. The van der Waals surface area contributed by atoms with E-state index in [2.05, 4.69) is 5.10 Å². The molecule has 0 bridgehead atoms. The van der Waals surface area contributed by atoms with Gasteiger partial charge in [0.25, 0.3) is 0 Å². The normalized spacial score (nSPS) is 11.5. The summed E-state index contributed by atoms with van der Waals surface area (Å²) in [5.74, 6) is 0. The predicted octanol–water partition coefficient (Wildman–Crippen LogP) is -0.885. The molecule has 16 heavy (non-hydrogen) atoms. The molecule has 0 radical (unpaired) electrons. The Morgan fingerprint density at radius 1 is 1.31 bits per heavy atom. The smallest absolute Gasteiger partial charge is 0.445 e. The van der Waals surface area contributed by atoms with E-state index in [1.54, 1.807) is 4.68 Å². The molecule has 0 aliphatic rings. The summed E-state index contributed by atoms with van der Waals surface area (Å²) in [6.07, 6.45) is 1.46. The van der Waals surface area contributed by atoms with Crippen molar-refractivity contribution in [3.05, 3.63) is 24.4 Å². The number of halogens is 3. The summed E-state index contributed by atoms with van der Waals surface area (Å²) < 4.78 is 39.0. The van der Waals surface area contributed by atoms with Gasteiger partial charge in [0.05, 0.1) is 11.7 Å². The molecule has 0 atom stereocenters. The molecule has 1 aromatic carbocycles. The van der Waals surface area contributed by atoms with Crippen LogP contribution in [-0.4, -0.2) is 16.8 Å². The second-order valence-corrected chi connectivity index (χ2v) is 3.35. The summed E-state index contributed by atoms with van der Waals surface area (Å²) in [6.45, 7) is -2.37. The fourth-order valence-corrected chi connectivity index (χ4v) is 1.56. The Morgan fingerprint density at radius 3 is 2.56 bits per heavy atom. The minimum absolute atomic E-state index is 0. The van der Waals surface area contributed by atoms with Gasteiger partial charge in [-0.3, -0.25) is 4.68 Å². The molecule has 2 aromatic rings. The molecule has 80 valence electrons. The van der Waals surface area contributed by atoms with Crippen LogP contribution in [0.15, 0.2) is 24.4 Å². The molecule has 0 fully saturated rings. The first kappa shape index (κ1) is 14.2. The van der Waals surface area contributed by atoms with E-state index in [0.717, 1.165) is 17.6 Å². The van der Waals surface area contributed by atoms with Crippen LogP contribution in [-0.2, 0) is 6.54 Å². The monoisotopic (exact) mass is 252 g/mol. The van der Waals surface area contributed by atoms with E-state index in [-0.39, 0.29) is 51.4 Å². The Labute approximate surface area is 134 Å². The molecule has 0 amide bonds. The number of hydrogen-bond donors (Lipinski definition) is 0. The molecule has 0 spiro atoms. The number of fused-ring (bicyclic) bond motifs is 1. The summed E-state index contributed by atoms with van der Waals surface area (Å²) in [5.41, 5.74) is 0.166. The molecular weight excluding hydrogens is 243 g/mol. The molecule has 7 heteroatoms. The Balaban J connectivity index is 0.00000128. The van der Waals surface area contributed by atoms with Gasteiger partial charge in [0, 0.05) is 11.9 Å². The van der Waals surface area contributed by atoms with Crippen LogP contribution in [0.25, 0.3) is 10.9 Å². The molecule has 0 N–H and O–H groups in total. The quantitative estimate of drug-likeness (QED) is 0.634. The summed E-state index contributed by atoms with van der Waals surface area (Å²) in [4.78, 5) is 0. The number of aryl methyl sites for hydroxylation is 1. The SMILES string of the molecule is CCn1ncc2cc([B-](F)(F)F)ccc21.[K+]. The van der Waals surface area contributed by atoms with Crippen molar-refractivity contribution < 1.29 is 64.3 Å². The molecule has 0 aliphatic carbocycles. The Bertz CT molecular complexity index is 495. The van der Waals surface area contributed by atoms with Crippen LogP contribution in [0.5, 0.6) is 0 Å². The molecule has 0 unspecified atom stereocenters. The van der Waals surface area contributed by atoms with Gasteiger partial charge in [0.15, 0.2) is 0 Å². The predicted molar refractivity (Wildman–Crippen MR) is 54.1 cm³/mol. The van der Waals surface area contributed by atoms with Crippen molar-refractivity contribution in [3.8, 4) is 0 Å². The molecule has 0 aliphatic heterocycles. The topological polar surface area (TPSA) is 17.8 Å². The summed E-state index contributed by atoms with van der Waals surface area (Å²) in [6, 6.07) is 3.72. The van der Waals surface area contributed by atoms with Gasteiger partial charge >= 0.3 is 58.4 Å². The first-order valence-electron chi connectivity index (χ1n) is 4.68. The molecule has 0 saturated heterocycles. The van der Waals surface area contributed by atoms with Gasteiger partial charge in [-0.1, -0.05) is 12.1 Å². The molecule has 2 rings (SSSR count). The summed E-state index contributed by atoms with van der Waals surface area (Å²) >= 11 is 0. The van der Waals surface area contributed by atoms with Gasteiger partial charge in [-0.2, -0.15) is 5.10 Å². The maximum absolute atomic E-state index is 12.4.